The van der Waals surface area contributed by atoms with Crippen LogP contribution in [0.2, 0.25) is 0 Å². The Labute approximate surface area is 174 Å². The van der Waals surface area contributed by atoms with Crippen molar-refractivity contribution in [2.24, 2.45) is 0 Å². The third-order valence-electron chi connectivity index (χ3n) is 5.45. The van der Waals surface area contributed by atoms with Gasteiger partial charge in [0.05, 0.1) is 17.8 Å². The van der Waals surface area contributed by atoms with Gasteiger partial charge in [-0.2, -0.15) is 5.26 Å². The number of fused-ring (bicyclic) bond motifs is 1. The number of pyridine rings is 2. The van der Waals surface area contributed by atoms with Crippen LogP contribution in [-0.4, -0.2) is 30.1 Å². The summed E-state index contributed by atoms with van der Waals surface area (Å²) in [5.74, 6) is -0.495. The zero-order valence-electron chi connectivity index (χ0n) is 16.7. The highest BCUT2D eigenvalue weighted by Crippen LogP contribution is 2.30. The fourth-order valence-corrected chi connectivity index (χ4v) is 4.01. The number of anilines is 1. The molecule has 4 rings (SSSR count). The monoisotopic (exact) mass is 401 g/mol. The Morgan fingerprint density at radius 3 is 2.53 bits per heavy atom. The summed E-state index contributed by atoms with van der Waals surface area (Å²) < 4.78 is 6.97. The SMILES string of the molecule is N#Cc1c(N2CCCC2)c(C(=O)OCCCc2ccccc2)c2ccccn2c1=O. The largest absolute Gasteiger partial charge is 0.462 e. The van der Waals surface area contributed by atoms with Crippen LogP contribution < -0.4 is 10.5 Å². The zero-order chi connectivity index (χ0) is 20.9. The van der Waals surface area contributed by atoms with Gasteiger partial charge in [-0.25, -0.2) is 4.79 Å². The van der Waals surface area contributed by atoms with Gasteiger partial charge >= 0.3 is 5.97 Å². The van der Waals surface area contributed by atoms with E-state index in [1.807, 2.05) is 41.3 Å². The molecule has 0 spiro atoms. The molecule has 0 aliphatic carbocycles. The molecule has 1 aliphatic rings. The molecule has 3 aromatic rings. The molecule has 1 fully saturated rings. The summed E-state index contributed by atoms with van der Waals surface area (Å²) in [7, 11) is 0. The van der Waals surface area contributed by atoms with E-state index in [1.54, 1.807) is 24.4 Å². The van der Waals surface area contributed by atoms with Crippen molar-refractivity contribution in [3.05, 3.63) is 81.8 Å². The van der Waals surface area contributed by atoms with Crippen molar-refractivity contribution in [3.63, 3.8) is 0 Å². The maximum Gasteiger partial charge on any atom is 0.342 e. The number of nitriles is 1. The predicted octanol–water partition coefficient (Wildman–Crippen LogP) is 3.56. The lowest BCUT2D eigenvalue weighted by Gasteiger charge is -2.23. The highest BCUT2D eigenvalue weighted by atomic mass is 16.5. The van der Waals surface area contributed by atoms with E-state index in [-0.39, 0.29) is 12.2 Å². The second kappa shape index (κ2) is 8.83. The average molecular weight is 401 g/mol. The lowest BCUT2D eigenvalue weighted by molar-refractivity contribution is 0.0503. The van der Waals surface area contributed by atoms with Crippen LogP contribution in [-0.2, 0) is 11.2 Å². The number of rotatable bonds is 6. The van der Waals surface area contributed by atoms with Crippen LogP contribution in [0.25, 0.3) is 5.52 Å². The van der Waals surface area contributed by atoms with Crippen molar-refractivity contribution >= 4 is 17.2 Å². The molecule has 1 saturated heterocycles. The summed E-state index contributed by atoms with van der Waals surface area (Å²) in [4.78, 5) is 28.0. The number of nitrogens with zero attached hydrogens (tertiary/aromatic N) is 3. The van der Waals surface area contributed by atoms with Crippen molar-refractivity contribution in [1.82, 2.24) is 4.40 Å². The molecular weight excluding hydrogens is 378 g/mol. The molecule has 0 radical (unpaired) electrons. The van der Waals surface area contributed by atoms with Crippen LogP contribution in [0.4, 0.5) is 5.69 Å². The van der Waals surface area contributed by atoms with Gasteiger partial charge in [-0.15, -0.1) is 0 Å². The topological polar surface area (TPSA) is 74.8 Å². The molecule has 2 aromatic heterocycles. The van der Waals surface area contributed by atoms with Gasteiger partial charge in [0, 0.05) is 19.3 Å². The van der Waals surface area contributed by atoms with Crippen LogP contribution >= 0.6 is 0 Å². The molecule has 1 aromatic carbocycles. The maximum atomic E-state index is 13.2. The number of benzene rings is 1. The van der Waals surface area contributed by atoms with Gasteiger partial charge in [-0.05, 0) is 43.4 Å². The van der Waals surface area contributed by atoms with Crippen molar-refractivity contribution < 1.29 is 9.53 Å². The number of aromatic nitrogens is 1. The highest BCUT2D eigenvalue weighted by molar-refractivity contribution is 6.04. The number of esters is 1. The summed E-state index contributed by atoms with van der Waals surface area (Å²) in [5, 5.41) is 9.72. The minimum atomic E-state index is -0.495. The van der Waals surface area contributed by atoms with E-state index < -0.39 is 11.5 Å². The Kier molecular flexibility index (Phi) is 5.80. The highest BCUT2D eigenvalue weighted by Gasteiger charge is 2.29. The van der Waals surface area contributed by atoms with Crippen molar-refractivity contribution in [2.75, 3.05) is 24.6 Å². The molecule has 30 heavy (non-hydrogen) atoms. The van der Waals surface area contributed by atoms with Crippen LogP contribution in [0.3, 0.4) is 0 Å². The quantitative estimate of drug-likeness (QED) is 0.466. The first-order chi connectivity index (χ1) is 14.7. The molecule has 1 aliphatic heterocycles. The minimum Gasteiger partial charge on any atom is -0.462 e. The number of aryl methyl sites for hydroxylation is 1. The summed E-state index contributed by atoms with van der Waals surface area (Å²) in [5.41, 5.74) is 1.96. The zero-order valence-corrected chi connectivity index (χ0v) is 16.7. The van der Waals surface area contributed by atoms with Gasteiger partial charge in [0.15, 0.2) is 0 Å². The number of carbonyl (C=O) groups is 1. The van der Waals surface area contributed by atoms with Gasteiger partial charge in [0.1, 0.15) is 17.2 Å². The van der Waals surface area contributed by atoms with Crippen molar-refractivity contribution in [1.29, 1.82) is 5.26 Å². The number of ether oxygens (including phenoxy) is 1. The molecule has 0 bridgehead atoms. The minimum absolute atomic E-state index is 0.00293. The predicted molar refractivity (Wildman–Crippen MR) is 115 cm³/mol. The second-order valence-electron chi connectivity index (χ2n) is 7.39. The smallest absolute Gasteiger partial charge is 0.342 e. The van der Waals surface area contributed by atoms with E-state index in [0.29, 0.717) is 36.3 Å². The molecule has 0 unspecified atom stereocenters. The Hall–Kier alpha value is -3.59. The standard InChI is InChI=1S/C24H23N3O3/c25-17-19-22(26-13-6-7-14-26)21(20-12-4-5-15-27(20)23(19)28)24(29)30-16-8-11-18-9-2-1-3-10-18/h1-5,9-10,12,15H,6-8,11,13-14,16H2. The number of hydrogen-bond acceptors (Lipinski definition) is 5. The molecule has 3 heterocycles. The van der Waals surface area contributed by atoms with Crippen LogP contribution in [0.5, 0.6) is 0 Å². The third-order valence-corrected chi connectivity index (χ3v) is 5.45. The number of carbonyl (C=O) groups excluding carboxylic acids is 1. The Morgan fingerprint density at radius 2 is 1.80 bits per heavy atom. The Bertz CT molecular complexity index is 1160. The van der Waals surface area contributed by atoms with E-state index in [2.05, 4.69) is 0 Å². The van der Waals surface area contributed by atoms with E-state index in [0.717, 1.165) is 19.3 Å². The van der Waals surface area contributed by atoms with Crippen molar-refractivity contribution in [2.45, 2.75) is 25.7 Å². The molecule has 6 nitrogen and oxygen atoms in total. The molecule has 152 valence electrons. The van der Waals surface area contributed by atoms with Crippen LogP contribution in [0.15, 0.2) is 59.5 Å². The van der Waals surface area contributed by atoms with Crippen molar-refractivity contribution in [3.8, 4) is 6.07 Å². The first-order valence-corrected chi connectivity index (χ1v) is 10.2. The Balaban J connectivity index is 1.67. The summed E-state index contributed by atoms with van der Waals surface area (Å²) in [6.07, 6.45) is 5.02. The van der Waals surface area contributed by atoms with E-state index >= 15 is 0 Å². The third kappa shape index (κ3) is 3.79. The van der Waals surface area contributed by atoms with Gasteiger partial charge in [0.25, 0.3) is 5.56 Å². The van der Waals surface area contributed by atoms with Gasteiger partial charge in [-0.1, -0.05) is 36.4 Å². The fraction of sp³-hybridized carbons (Fsp3) is 0.292. The molecule has 0 amide bonds. The first kappa shape index (κ1) is 19.7. The van der Waals surface area contributed by atoms with E-state index in [1.165, 1.54) is 9.96 Å². The molecule has 6 heteroatoms. The maximum absolute atomic E-state index is 13.2. The summed E-state index contributed by atoms with van der Waals surface area (Å²) in [6, 6.07) is 17.3. The summed E-state index contributed by atoms with van der Waals surface area (Å²) in [6.45, 7) is 1.70. The molecule has 0 saturated carbocycles. The van der Waals surface area contributed by atoms with E-state index in [9.17, 15) is 14.9 Å². The molecule has 0 atom stereocenters. The van der Waals surface area contributed by atoms with Gasteiger partial charge in [-0.3, -0.25) is 9.20 Å². The molecule has 0 N–H and O–H groups in total. The fourth-order valence-electron chi connectivity index (χ4n) is 4.01. The second-order valence-corrected chi connectivity index (χ2v) is 7.39. The normalized spacial score (nSPS) is 13.4. The Morgan fingerprint density at radius 1 is 1.07 bits per heavy atom. The van der Waals surface area contributed by atoms with Crippen LogP contribution in [0.1, 0.15) is 40.7 Å². The van der Waals surface area contributed by atoms with E-state index in [4.69, 9.17) is 4.74 Å². The van der Waals surface area contributed by atoms with Gasteiger partial charge in [0.2, 0.25) is 0 Å². The van der Waals surface area contributed by atoms with Gasteiger partial charge < -0.3 is 9.64 Å². The molecular formula is C24H23N3O3. The average Bonchev–Trinajstić information content (AvgIpc) is 3.32. The number of hydrogen-bond donors (Lipinski definition) is 0. The van der Waals surface area contributed by atoms with Crippen LogP contribution in [0, 0.1) is 11.3 Å². The lowest BCUT2D eigenvalue weighted by Crippen LogP contribution is -2.29. The summed E-state index contributed by atoms with van der Waals surface area (Å²) >= 11 is 0. The first-order valence-electron chi connectivity index (χ1n) is 10.2. The lowest BCUT2D eigenvalue weighted by atomic mass is 10.1.